The van der Waals surface area contributed by atoms with Gasteiger partial charge in [0.15, 0.2) is 6.10 Å². The van der Waals surface area contributed by atoms with E-state index >= 15 is 0 Å². The lowest BCUT2D eigenvalue weighted by Crippen LogP contribution is -2.30. The van der Waals surface area contributed by atoms with Crippen LogP contribution in [0.1, 0.15) is 265 Å². The first-order chi connectivity index (χ1) is 25.6. The van der Waals surface area contributed by atoms with Gasteiger partial charge in [0.25, 0.3) is 0 Å². The lowest BCUT2D eigenvalue weighted by Gasteiger charge is -2.18. The molecule has 1 atom stereocenters. The molecule has 0 heterocycles. The molecule has 0 amide bonds. The molecule has 0 spiro atoms. The first kappa shape index (κ1) is 50.9. The van der Waals surface area contributed by atoms with E-state index in [4.69, 9.17) is 14.2 Å². The minimum absolute atomic E-state index is 0.0955. The molecule has 310 valence electrons. The largest absolute Gasteiger partial charge is 0.462 e. The lowest BCUT2D eigenvalue weighted by atomic mass is 10.0. The number of hydrogen-bond acceptors (Lipinski definition) is 5. The molecule has 0 fully saturated rings. The van der Waals surface area contributed by atoms with Crippen molar-refractivity contribution < 1.29 is 23.8 Å². The van der Waals surface area contributed by atoms with Gasteiger partial charge in [-0.3, -0.25) is 9.59 Å². The molecule has 52 heavy (non-hydrogen) atoms. The molecule has 0 saturated carbocycles. The predicted octanol–water partition coefficient (Wildman–Crippen LogP) is 15.3. The summed E-state index contributed by atoms with van der Waals surface area (Å²) in [5.41, 5.74) is 0. The Bertz CT molecular complexity index is 710. The van der Waals surface area contributed by atoms with E-state index in [0.29, 0.717) is 26.1 Å². The van der Waals surface area contributed by atoms with Crippen LogP contribution in [-0.4, -0.2) is 37.9 Å². The quantitative estimate of drug-likeness (QED) is 0.0460. The molecule has 0 aromatic carbocycles. The van der Waals surface area contributed by atoms with Gasteiger partial charge in [0.05, 0.1) is 6.61 Å². The second-order valence-corrected chi connectivity index (χ2v) is 16.0. The van der Waals surface area contributed by atoms with E-state index in [1.54, 1.807) is 0 Å². The van der Waals surface area contributed by atoms with Gasteiger partial charge in [0, 0.05) is 19.4 Å². The predicted molar refractivity (Wildman–Crippen MR) is 224 cm³/mol. The summed E-state index contributed by atoms with van der Waals surface area (Å²) in [4.78, 5) is 25.0. The van der Waals surface area contributed by atoms with Crippen LogP contribution in [0.5, 0.6) is 0 Å². The first-order valence-electron chi connectivity index (χ1n) is 23.6. The molecule has 0 radical (unpaired) electrons. The third-order valence-corrected chi connectivity index (χ3v) is 10.6. The number of hydrogen-bond donors (Lipinski definition) is 0. The van der Waals surface area contributed by atoms with E-state index in [0.717, 1.165) is 32.1 Å². The Morgan fingerprint density at radius 2 is 0.635 bits per heavy atom. The van der Waals surface area contributed by atoms with E-state index in [1.807, 2.05) is 0 Å². The topological polar surface area (TPSA) is 61.8 Å². The van der Waals surface area contributed by atoms with Crippen molar-refractivity contribution in [2.24, 2.45) is 0 Å². The molecular formula is C47H92O5. The van der Waals surface area contributed by atoms with E-state index in [9.17, 15) is 9.59 Å². The highest BCUT2D eigenvalue weighted by Crippen LogP contribution is 2.16. The van der Waals surface area contributed by atoms with Crippen LogP contribution in [-0.2, 0) is 23.8 Å². The normalized spacial score (nSPS) is 12.0. The SMILES string of the molecule is CCCCCCCCCCCCCCCCCCCCCCOCC(COC(=O)CCCCCCCCCCC)OC(=O)CCCCCCCCC. The third kappa shape index (κ3) is 41.7. The maximum Gasteiger partial charge on any atom is 0.306 e. The fraction of sp³-hybridized carbons (Fsp3) is 0.957. The van der Waals surface area contributed by atoms with Crippen LogP contribution in [0.3, 0.4) is 0 Å². The number of ether oxygens (including phenoxy) is 3. The van der Waals surface area contributed by atoms with Crippen LogP contribution in [0.4, 0.5) is 0 Å². The van der Waals surface area contributed by atoms with Crippen molar-refractivity contribution in [1.82, 2.24) is 0 Å². The molecule has 5 nitrogen and oxygen atoms in total. The Kier molecular flexibility index (Phi) is 43.4. The second kappa shape index (κ2) is 44.3. The zero-order valence-corrected chi connectivity index (χ0v) is 35.6. The van der Waals surface area contributed by atoms with Crippen molar-refractivity contribution in [1.29, 1.82) is 0 Å². The summed E-state index contributed by atoms with van der Waals surface area (Å²) < 4.78 is 17.2. The summed E-state index contributed by atoms with van der Waals surface area (Å²) in [5, 5.41) is 0. The van der Waals surface area contributed by atoms with Gasteiger partial charge in [-0.05, 0) is 19.3 Å². The van der Waals surface area contributed by atoms with Gasteiger partial charge in [-0.1, -0.05) is 233 Å². The molecule has 0 aromatic rings. The van der Waals surface area contributed by atoms with E-state index in [2.05, 4.69) is 20.8 Å². The fourth-order valence-electron chi connectivity index (χ4n) is 7.10. The maximum absolute atomic E-state index is 12.6. The van der Waals surface area contributed by atoms with Crippen LogP contribution in [0, 0.1) is 0 Å². The van der Waals surface area contributed by atoms with Gasteiger partial charge in [0.1, 0.15) is 6.61 Å². The first-order valence-corrected chi connectivity index (χ1v) is 23.6. The van der Waals surface area contributed by atoms with Gasteiger partial charge >= 0.3 is 11.9 Å². The Balaban J connectivity index is 3.98. The summed E-state index contributed by atoms with van der Waals surface area (Å²) in [6.45, 7) is 7.83. The zero-order chi connectivity index (χ0) is 37.8. The molecule has 0 aliphatic rings. The van der Waals surface area contributed by atoms with Crippen LogP contribution >= 0.6 is 0 Å². The van der Waals surface area contributed by atoms with Gasteiger partial charge in [-0.15, -0.1) is 0 Å². The number of rotatable bonds is 44. The average Bonchev–Trinajstić information content (AvgIpc) is 3.14. The summed E-state index contributed by atoms with van der Waals surface area (Å²) in [7, 11) is 0. The van der Waals surface area contributed by atoms with Crippen molar-refractivity contribution >= 4 is 11.9 Å². The summed E-state index contributed by atoms with van der Waals surface area (Å²) in [6, 6.07) is 0. The van der Waals surface area contributed by atoms with Gasteiger partial charge in [-0.2, -0.15) is 0 Å². The smallest absolute Gasteiger partial charge is 0.306 e. The molecule has 0 rings (SSSR count). The standard InChI is InChI=1S/C47H92O5/c1-4-7-10-13-16-18-19-20-21-22-23-24-25-26-27-28-30-33-36-39-42-50-43-45(52-47(49)41-38-35-31-15-12-9-6-3)44-51-46(48)40-37-34-32-29-17-14-11-8-5-2/h45H,4-44H2,1-3H3. The molecule has 5 heteroatoms. The minimum Gasteiger partial charge on any atom is -0.462 e. The molecular weight excluding hydrogens is 645 g/mol. The highest BCUT2D eigenvalue weighted by atomic mass is 16.6. The zero-order valence-electron chi connectivity index (χ0n) is 35.6. The van der Waals surface area contributed by atoms with Crippen molar-refractivity contribution in [2.75, 3.05) is 19.8 Å². The monoisotopic (exact) mass is 737 g/mol. The Labute approximate surface area is 325 Å². The van der Waals surface area contributed by atoms with E-state index in [1.165, 1.54) is 199 Å². The van der Waals surface area contributed by atoms with E-state index < -0.39 is 6.10 Å². The van der Waals surface area contributed by atoms with Crippen molar-refractivity contribution in [3.63, 3.8) is 0 Å². The fourth-order valence-corrected chi connectivity index (χ4v) is 7.10. The molecule has 0 aliphatic carbocycles. The highest BCUT2D eigenvalue weighted by Gasteiger charge is 2.17. The average molecular weight is 737 g/mol. The highest BCUT2D eigenvalue weighted by molar-refractivity contribution is 5.70. The summed E-state index contributed by atoms with van der Waals surface area (Å²) in [5.74, 6) is -0.388. The lowest BCUT2D eigenvalue weighted by molar-refractivity contribution is -0.163. The Hall–Kier alpha value is -1.10. The van der Waals surface area contributed by atoms with Crippen LogP contribution in [0.15, 0.2) is 0 Å². The van der Waals surface area contributed by atoms with Gasteiger partial charge < -0.3 is 14.2 Å². The number of carbonyl (C=O) groups is 2. The molecule has 0 saturated heterocycles. The number of esters is 2. The van der Waals surface area contributed by atoms with Crippen molar-refractivity contribution in [3.8, 4) is 0 Å². The molecule has 0 aliphatic heterocycles. The van der Waals surface area contributed by atoms with Crippen LogP contribution in [0.2, 0.25) is 0 Å². The third-order valence-electron chi connectivity index (χ3n) is 10.6. The summed E-state index contributed by atoms with van der Waals surface area (Å²) in [6.07, 6.45) is 47.0. The van der Waals surface area contributed by atoms with Crippen LogP contribution < -0.4 is 0 Å². The van der Waals surface area contributed by atoms with Crippen molar-refractivity contribution in [2.45, 2.75) is 271 Å². The number of carbonyl (C=O) groups excluding carboxylic acids is 2. The molecule has 0 bridgehead atoms. The second-order valence-electron chi connectivity index (χ2n) is 16.0. The van der Waals surface area contributed by atoms with Crippen LogP contribution in [0.25, 0.3) is 0 Å². The minimum atomic E-state index is -0.519. The van der Waals surface area contributed by atoms with Gasteiger partial charge in [-0.25, -0.2) is 0 Å². The molecule has 0 N–H and O–H groups in total. The molecule has 1 unspecified atom stereocenters. The summed E-state index contributed by atoms with van der Waals surface area (Å²) >= 11 is 0. The van der Waals surface area contributed by atoms with Gasteiger partial charge in [0.2, 0.25) is 0 Å². The van der Waals surface area contributed by atoms with Crippen molar-refractivity contribution in [3.05, 3.63) is 0 Å². The van der Waals surface area contributed by atoms with E-state index in [-0.39, 0.29) is 18.5 Å². The Morgan fingerprint density at radius 3 is 0.981 bits per heavy atom. The maximum atomic E-state index is 12.6. The molecule has 0 aromatic heterocycles. The number of unbranched alkanes of at least 4 members (excludes halogenated alkanes) is 33. The Morgan fingerprint density at radius 1 is 0.346 bits per heavy atom.